The molecule has 0 bridgehead atoms. The summed E-state index contributed by atoms with van der Waals surface area (Å²) in [6.45, 7) is 1.80. The Hall–Kier alpha value is -1.69. The highest BCUT2D eigenvalue weighted by Gasteiger charge is 2.50. The first-order valence-corrected chi connectivity index (χ1v) is 7.78. The molecule has 0 aromatic heterocycles. The topological polar surface area (TPSA) is 174 Å². The third kappa shape index (κ3) is 4.90. The first-order chi connectivity index (χ1) is 11.1. The predicted octanol–water partition coefficient (Wildman–Crippen LogP) is -2.60. The number of hydrogen-bond donors (Lipinski definition) is 6. The summed E-state index contributed by atoms with van der Waals surface area (Å²) in [6, 6.07) is -0.728. The van der Waals surface area contributed by atoms with Crippen molar-refractivity contribution in [3.63, 3.8) is 0 Å². The van der Waals surface area contributed by atoms with Crippen LogP contribution in [0.2, 0.25) is 6.32 Å². The van der Waals surface area contributed by atoms with Crippen molar-refractivity contribution in [2.45, 2.75) is 37.7 Å². The minimum atomic E-state index is -1.50. The van der Waals surface area contributed by atoms with Crippen LogP contribution in [0.4, 0.5) is 0 Å². The Bertz CT molecular complexity index is 501. The van der Waals surface area contributed by atoms with Crippen LogP contribution in [0.3, 0.4) is 0 Å². The summed E-state index contributed by atoms with van der Waals surface area (Å²) in [6.07, 6.45) is 0.977. The van der Waals surface area contributed by atoms with Gasteiger partial charge in [0.25, 0.3) is 0 Å². The van der Waals surface area contributed by atoms with Gasteiger partial charge in [0.1, 0.15) is 5.54 Å². The molecular weight excluding hydrogens is 317 g/mol. The van der Waals surface area contributed by atoms with Gasteiger partial charge < -0.3 is 31.5 Å². The van der Waals surface area contributed by atoms with E-state index in [4.69, 9.17) is 21.5 Å². The van der Waals surface area contributed by atoms with Crippen LogP contribution >= 0.6 is 0 Å². The number of aliphatic imine (C=N–C) groups is 1. The van der Waals surface area contributed by atoms with Crippen molar-refractivity contribution in [3.05, 3.63) is 0 Å². The van der Waals surface area contributed by atoms with E-state index in [0.717, 1.165) is 0 Å². The standard InChI is InChI=1S/C13H26BN5O5/c1-8(15)10(20)18-12(17-2)19-6-9(4-3-5-14(23)24)13(16,7-19)11(21)22/h8-9,23-24H,3-7,15-16H2,1-2H3,(H,21,22)(H,17,18,20). The van der Waals surface area contributed by atoms with Crippen molar-refractivity contribution >= 4 is 25.0 Å². The third-order valence-electron chi connectivity index (χ3n) is 4.19. The SMILES string of the molecule is CN=C(NC(=O)C(C)N)N1CC(CCCB(O)O)C(N)(C(=O)O)C1. The number of nitrogens with zero attached hydrogens (tertiary/aromatic N) is 2. The Balaban J connectivity index is 2.84. The van der Waals surface area contributed by atoms with Crippen molar-refractivity contribution in [2.24, 2.45) is 22.4 Å². The molecule has 1 aliphatic rings. The van der Waals surface area contributed by atoms with E-state index >= 15 is 0 Å². The average molecular weight is 343 g/mol. The molecule has 1 aliphatic heterocycles. The number of hydrogen-bond acceptors (Lipinski definition) is 7. The van der Waals surface area contributed by atoms with Gasteiger partial charge in [-0.05, 0) is 19.7 Å². The summed E-state index contributed by atoms with van der Waals surface area (Å²) >= 11 is 0. The van der Waals surface area contributed by atoms with Crippen LogP contribution in [0.15, 0.2) is 4.99 Å². The molecule has 24 heavy (non-hydrogen) atoms. The summed E-state index contributed by atoms with van der Waals surface area (Å²) in [5.41, 5.74) is 10.1. The summed E-state index contributed by atoms with van der Waals surface area (Å²) in [5.74, 6) is -1.77. The zero-order chi connectivity index (χ0) is 18.5. The van der Waals surface area contributed by atoms with Gasteiger partial charge >= 0.3 is 13.1 Å². The number of nitrogens with two attached hydrogens (primary N) is 2. The van der Waals surface area contributed by atoms with Crippen LogP contribution in [0.25, 0.3) is 0 Å². The smallest absolute Gasteiger partial charge is 0.451 e. The lowest BCUT2D eigenvalue weighted by atomic mass is 9.78. The fraction of sp³-hybridized carbons (Fsp3) is 0.769. The maximum atomic E-state index is 11.7. The molecule has 3 unspecified atom stereocenters. The van der Waals surface area contributed by atoms with Gasteiger partial charge in [-0.3, -0.25) is 19.9 Å². The lowest BCUT2D eigenvalue weighted by Gasteiger charge is -2.25. The summed E-state index contributed by atoms with van der Waals surface area (Å²) < 4.78 is 0. The van der Waals surface area contributed by atoms with Crippen molar-refractivity contribution in [3.8, 4) is 0 Å². The first-order valence-electron chi connectivity index (χ1n) is 7.78. The number of nitrogens with one attached hydrogen (secondary N) is 1. The van der Waals surface area contributed by atoms with Gasteiger partial charge in [0.15, 0.2) is 0 Å². The summed E-state index contributed by atoms with van der Waals surface area (Å²) in [5, 5.41) is 29.9. The molecule has 0 spiro atoms. The Kier molecular flexibility index (Phi) is 7.15. The van der Waals surface area contributed by atoms with E-state index in [1.807, 2.05) is 0 Å². The van der Waals surface area contributed by atoms with E-state index in [0.29, 0.717) is 12.8 Å². The molecule has 11 heteroatoms. The van der Waals surface area contributed by atoms with Gasteiger partial charge in [0.05, 0.1) is 6.04 Å². The molecule has 1 heterocycles. The number of amides is 1. The first kappa shape index (κ1) is 20.4. The Labute approximate surface area is 141 Å². The number of carboxylic acid groups (broad SMARTS) is 1. The number of likely N-dealkylation sites (tertiary alicyclic amines) is 1. The second-order valence-corrected chi connectivity index (χ2v) is 6.16. The number of carbonyl (C=O) groups excluding carboxylic acids is 1. The van der Waals surface area contributed by atoms with E-state index in [1.165, 1.54) is 14.0 Å². The van der Waals surface area contributed by atoms with Gasteiger partial charge in [-0.2, -0.15) is 0 Å². The fourth-order valence-corrected chi connectivity index (χ4v) is 2.74. The molecule has 1 amide bonds. The van der Waals surface area contributed by atoms with Crippen LogP contribution in [0.1, 0.15) is 19.8 Å². The molecule has 1 saturated heterocycles. The molecule has 1 fully saturated rings. The number of aliphatic carboxylic acids is 1. The van der Waals surface area contributed by atoms with Crippen LogP contribution in [0.5, 0.6) is 0 Å². The monoisotopic (exact) mass is 343 g/mol. The lowest BCUT2D eigenvalue weighted by Crippen LogP contribution is -2.56. The second kappa shape index (κ2) is 8.42. The van der Waals surface area contributed by atoms with E-state index in [-0.39, 0.29) is 25.4 Å². The largest absolute Gasteiger partial charge is 0.480 e. The number of carbonyl (C=O) groups is 2. The molecule has 0 radical (unpaired) electrons. The highest BCUT2D eigenvalue weighted by molar-refractivity contribution is 6.40. The van der Waals surface area contributed by atoms with Gasteiger partial charge in [-0.25, -0.2) is 0 Å². The van der Waals surface area contributed by atoms with Gasteiger partial charge in [-0.15, -0.1) is 0 Å². The van der Waals surface area contributed by atoms with Crippen LogP contribution in [0, 0.1) is 5.92 Å². The Morgan fingerprint density at radius 3 is 2.58 bits per heavy atom. The molecule has 1 rings (SSSR count). The Morgan fingerprint density at radius 2 is 2.12 bits per heavy atom. The van der Waals surface area contributed by atoms with Crippen LogP contribution < -0.4 is 16.8 Å². The van der Waals surface area contributed by atoms with Crippen LogP contribution in [-0.2, 0) is 9.59 Å². The zero-order valence-electron chi connectivity index (χ0n) is 14.0. The molecule has 136 valence electrons. The maximum absolute atomic E-state index is 11.7. The molecule has 8 N–H and O–H groups in total. The van der Waals surface area contributed by atoms with E-state index in [9.17, 15) is 14.7 Å². The number of guanidine groups is 1. The van der Waals surface area contributed by atoms with E-state index < -0.39 is 36.5 Å². The average Bonchev–Trinajstić information content (AvgIpc) is 2.82. The highest BCUT2D eigenvalue weighted by Crippen LogP contribution is 2.30. The molecule has 3 atom stereocenters. The minimum absolute atomic E-state index is 0.0133. The molecule has 0 saturated carbocycles. The van der Waals surface area contributed by atoms with Gasteiger partial charge in [0, 0.05) is 26.1 Å². The molecule has 10 nitrogen and oxygen atoms in total. The Morgan fingerprint density at radius 1 is 1.50 bits per heavy atom. The number of carboxylic acids is 1. The predicted molar refractivity (Wildman–Crippen MR) is 89.0 cm³/mol. The second-order valence-electron chi connectivity index (χ2n) is 6.16. The van der Waals surface area contributed by atoms with Gasteiger partial charge in [0.2, 0.25) is 11.9 Å². The van der Waals surface area contributed by atoms with E-state index in [2.05, 4.69) is 10.3 Å². The summed E-state index contributed by atoms with van der Waals surface area (Å²) in [7, 11) is 0.0446. The van der Waals surface area contributed by atoms with E-state index in [1.54, 1.807) is 4.90 Å². The number of rotatable bonds is 6. The highest BCUT2D eigenvalue weighted by atomic mass is 16.4. The molecule has 0 aromatic carbocycles. The van der Waals surface area contributed by atoms with Gasteiger partial charge in [-0.1, -0.05) is 6.42 Å². The summed E-state index contributed by atoms with van der Waals surface area (Å²) in [4.78, 5) is 29.0. The molecule has 0 aliphatic carbocycles. The maximum Gasteiger partial charge on any atom is 0.451 e. The zero-order valence-corrected chi connectivity index (χ0v) is 14.0. The molecule has 0 aromatic rings. The minimum Gasteiger partial charge on any atom is -0.480 e. The van der Waals surface area contributed by atoms with Crippen molar-refractivity contribution in [1.29, 1.82) is 0 Å². The normalized spacial score (nSPS) is 25.5. The van der Waals surface area contributed by atoms with Crippen molar-refractivity contribution in [1.82, 2.24) is 10.2 Å². The third-order valence-corrected chi connectivity index (χ3v) is 4.19. The van der Waals surface area contributed by atoms with Crippen LogP contribution in [-0.4, -0.2) is 76.7 Å². The van der Waals surface area contributed by atoms with Crippen molar-refractivity contribution in [2.75, 3.05) is 20.1 Å². The lowest BCUT2D eigenvalue weighted by molar-refractivity contribution is -0.144. The van der Waals surface area contributed by atoms with Crippen molar-refractivity contribution < 1.29 is 24.7 Å². The molecular formula is C13H26BN5O5. The quantitative estimate of drug-likeness (QED) is 0.173. The fourth-order valence-electron chi connectivity index (χ4n) is 2.74.